The zero-order valence-corrected chi connectivity index (χ0v) is 5.30. The van der Waals surface area contributed by atoms with Gasteiger partial charge in [0.1, 0.15) is 0 Å². The second-order valence-corrected chi connectivity index (χ2v) is 1.84. The number of hydrogen-bond acceptors (Lipinski definition) is 1. The van der Waals surface area contributed by atoms with Crippen LogP contribution in [0.2, 0.25) is 0 Å². The van der Waals surface area contributed by atoms with Crippen molar-refractivity contribution in [3.8, 4) is 0 Å². The highest BCUT2D eigenvalue weighted by Crippen LogP contribution is 1.97. The number of hydrogen-bond donors (Lipinski definition) is 1. The molecule has 47 valence electrons. The minimum atomic E-state index is -0.269. The number of aliphatic hydroxyl groups excluding tert-OH is 1. The SMILES string of the molecule is C=CCC[CH]C(C)O. The van der Waals surface area contributed by atoms with E-state index in [1.165, 1.54) is 0 Å². The number of allylic oxidation sites excluding steroid dienone is 1. The Morgan fingerprint density at radius 3 is 2.62 bits per heavy atom. The van der Waals surface area contributed by atoms with Crippen LogP contribution in [0, 0.1) is 6.42 Å². The van der Waals surface area contributed by atoms with Gasteiger partial charge < -0.3 is 5.11 Å². The van der Waals surface area contributed by atoms with Crippen LogP contribution in [0.3, 0.4) is 0 Å². The smallest absolute Gasteiger partial charge is 0.0544 e. The molecule has 0 saturated heterocycles. The Labute approximate surface area is 51.0 Å². The monoisotopic (exact) mass is 113 g/mol. The molecule has 0 aromatic rings. The standard InChI is InChI=1S/C7H13O/c1-3-4-5-6-7(2)8/h3,6-8H,1,4-5H2,2H3. The fourth-order valence-electron chi connectivity index (χ4n) is 0.455. The summed E-state index contributed by atoms with van der Waals surface area (Å²) < 4.78 is 0. The van der Waals surface area contributed by atoms with Gasteiger partial charge in [-0.25, -0.2) is 0 Å². The Bertz CT molecular complexity index is 57.4. The molecule has 1 heteroatoms. The van der Waals surface area contributed by atoms with Crippen molar-refractivity contribution >= 4 is 0 Å². The van der Waals surface area contributed by atoms with Crippen LogP contribution in [0.25, 0.3) is 0 Å². The molecule has 1 radical (unpaired) electrons. The van der Waals surface area contributed by atoms with Gasteiger partial charge in [-0.1, -0.05) is 6.08 Å². The average Bonchev–Trinajstić information content (AvgIpc) is 1.66. The predicted molar refractivity (Wildman–Crippen MR) is 35.4 cm³/mol. The van der Waals surface area contributed by atoms with E-state index in [1.54, 1.807) is 6.92 Å². The molecule has 0 saturated carbocycles. The number of aliphatic hydroxyl groups is 1. The molecule has 0 aromatic carbocycles. The second kappa shape index (κ2) is 4.85. The third-order valence-electron chi connectivity index (χ3n) is 0.879. The Morgan fingerprint density at radius 2 is 2.25 bits per heavy atom. The second-order valence-electron chi connectivity index (χ2n) is 1.84. The molecule has 0 aromatic heterocycles. The molecule has 1 nitrogen and oxygen atoms in total. The topological polar surface area (TPSA) is 20.2 Å². The van der Waals surface area contributed by atoms with Crippen LogP contribution in [0.5, 0.6) is 0 Å². The summed E-state index contributed by atoms with van der Waals surface area (Å²) >= 11 is 0. The van der Waals surface area contributed by atoms with E-state index in [-0.39, 0.29) is 6.10 Å². The first-order valence-electron chi connectivity index (χ1n) is 2.89. The van der Waals surface area contributed by atoms with Crippen molar-refractivity contribution in [3.63, 3.8) is 0 Å². The zero-order valence-electron chi connectivity index (χ0n) is 5.30. The zero-order chi connectivity index (χ0) is 6.41. The molecular formula is C7H13O. The summed E-state index contributed by atoms with van der Waals surface area (Å²) in [5.41, 5.74) is 0. The van der Waals surface area contributed by atoms with E-state index in [9.17, 15) is 0 Å². The normalized spacial score (nSPS) is 13.2. The largest absolute Gasteiger partial charge is 0.393 e. The van der Waals surface area contributed by atoms with Gasteiger partial charge >= 0.3 is 0 Å². The van der Waals surface area contributed by atoms with Gasteiger partial charge in [-0.3, -0.25) is 0 Å². The first-order chi connectivity index (χ1) is 3.77. The molecule has 1 atom stereocenters. The highest BCUT2D eigenvalue weighted by atomic mass is 16.3. The highest BCUT2D eigenvalue weighted by Gasteiger charge is 1.91. The summed E-state index contributed by atoms with van der Waals surface area (Å²) in [4.78, 5) is 0. The number of unbranched alkanes of at least 4 members (excludes halogenated alkanes) is 1. The fraction of sp³-hybridized carbons (Fsp3) is 0.571. The molecule has 0 aliphatic carbocycles. The van der Waals surface area contributed by atoms with Gasteiger partial charge in [0.05, 0.1) is 6.10 Å². The van der Waals surface area contributed by atoms with E-state index < -0.39 is 0 Å². The molecule has 0 spiro atoms. The van der Waals surface area contributed by atoms with Crippen LogP contribution < -0.4 is 0 Å². The number of rotatable bonds is 4. The van der Waals surface area contributed by atoms with Crippen LogP contribution in [0.1, 0.15) is 19.8 Å². The van der Waals surface area contributed by atoms with E-state index >= 15 is 0 Å². The maximum atomic E-state index is 8.69. The lowest BCUT2D eigenvalue weighted by Gasteiger charge is -1.98. The highest BCUT2D eigenvalue weighted by molar-refractivity contribution is 4.76. The van der Waals surface area contributed by atoms with Crippen molar-refractivity contribution in [2.24, 2.45) is 0 Å². The fourth-order valence-corrected chi connectivity index (χ4v) is 0.455. The van der Waals surface area contributed by atoms with Crippen molar-refractivity contribution in [1.29, 1.82) is 0 Å². The van der Waals surface area contributed by atoms with E-state index in [2.05, 4.69) is 6.58 Å². The van der Waals surface area contributed by atoms with Crippen molar-refractivity contribution in [3.05, 3.63) is 19.1 Å². The average molecular weight is 113 g/mol. The van der Waals surface area contributed by atoms with Gasteiger partial charge in [-0.2, -0.15) is 0 Å². The molecule has 1 N–H and O–H groups in total. The van der Waals surface area contributed by atoms with Gasteiger partial charge in [0, 0.05) is 0 Å². The van der Waals surface area contributed by atoms with Gasteiger partial charge in [0.25, 0.3) is 0 Å². The molecule has 0 rings (SSSR count). The summed E-state index contributed by atoms with van der Waals surface area (Å²) in [7, 11) is 0. The first-order valence-corrected chi connectivity index (χ1v) is 2.89. The maximum Gasteiger partial charge on any atom is 0.0544 e. The Morgan fingerprint density at radius 1 is 1.62 bits per heavy atom. The first kappa shape index (κ1) is 7.70. The van der Waals surface area contributed by atoms with E-state index in [1.807, 2.05) is 12.5 Å². The van der Waals surface area contributed by atoms with Crippen molar-refractivity contribution in [1.82, 2.24) is 0 Å². The van der Waals surface area contributed by atoms with E-state index in [0.29, 0.717) is 0 Å². The molecule has 0 aliphatic heterocycles. The predicted octanol–water partition coefficient (Wildman–Crippen LogP) is 1.54. The summed E-state index contributed by atoms with van der Waals surface area (Å²) in [6, 6.07) is 0. The van der Waals surface area contributed by atoms with Gasteiger partial charge in [0.15, 0.2) is 0 Å². The van der Waals surface area contributed by atoms with E-state index in [4.69, 9.17) is 5.11 Å². The molecule has 1 unspecified atom stereocenters. The minimum Gasteiger partial charge on any atom is -0.393 e. The molecule has 0 amide bonds. The van der Waals surface area contributed by atoms with Crippen LogP contribution in [0.15, 0.2) is 12.7 Å². The molecule has 0 aliphatic rings. The molecule has 0 heterocycles. The van der Waals surface area contributed by atoms with Crippen molar-refractivity contribution < 1.29 is 5.11 Å². The summed E-state index contributed by atoms with van der Waals surface area (Å²) in [5.74, 6) is 0. The van der Waals surface area contributed by atoms with E-state index in [0.717, 1.165) is 12.8 Å². The summed E-state index contributed by atoms with van der Waals surface area (Å²) in [5, 5.41) is 8.69. The van der Waals surface area contributed by atoms with Crippen LogP contribution in [-0.4, -0.2) is 11.2 Å². The molecule has 8 heavy (non-hydrogen) atoms. The lowest BCUT2D eigenvalue weighted by molar-refractivity contribution is 0.223. The molecule has 0 fully saturated rings. The Hall–Kier alpha value is -0.300. The van der Waals surface area contributed by atoms with Crippen LogP contribution in [0.4, 0.5) is 0 Å². The van der Waals surface area contributed by atoms with Gasteiger partial charge in [-0.15, -0.1) is 6.58 Å². The summed E-state index contributed by atoms with van der Waals surface area (Å²) in [6.45, 7) is 5.31. The van der Waals surface area contributed by atoms with Gasteiger partial charge in [0.2, 0.25) is 0 Å². The quantitative estimate of drug-likeness (QED) is 0.433. The van der Waals surface area contributed by atoms with Gasteiger partial charge in [-0.05, 0) is 26.2 Å². The van der Waals surface area contributed by atoms with Crippen molar-refractivity contribution in [2.45, 2.75) is 25.9 Å². The lowest BCUT2D eigenvalue weighted by Crippen LogP contribution is -1.98. The lowest BCUT2D eigenvalue weighted by atomic mass is 10.2. The summed E-state index contributed by atoms with van der Waals surface area (Å²) in [6.07, 6.45) is 5.34. The Kier molecular flexibility index (Phi) is 4.67. The Balaban J connectivity index is 2.81. The maximum absolute atomic E-state index is 8.69. The molecular weight excluding hydrogens is 100 g/mol. The van der Waals surface area contributed by atoms with Crippen LogP contribution >= 0.6 is 0 Å². The van der Waals surface area contributed by atoms with Crippen LogP contribution in [-0.2, 0) is 0 Å². The minimum absolute atomic E-state index is 0.269. The third-order valence-corrected chi connectivity index (χ3v) is 0.879. The van der Waals surface area contributed by atoms with Crippen molar-refractivity contribution in [2.75, 3.05) is 0 Å². The third kappa shape index (κ3) is 5.70. The molecule has 0 bridgehead atoms.